The molecule has 0 aromatic rings. The number of nitrogens with zero attached hydrogens (tertiary/aromatic N) is 1. The highest BCUT2D eigenvalue weighted by Gasteiger charge is 2.27. The van der Waals surface area contributed by atoms with Gasteiger partial charge < -0.3 is 20.1 Å². The Bertz CT molecular complexity index is 309. The lowest BCUT2D eigenvalue weighted by molar-refractivity contribution is -0.137. The van der Waals surface area contributed by atoms with Crippen molar-refractivity contribution in [3.8, 4) is 0 Å². The summed E-state index contributed by atoms with van der Waals surface area (Å²) in [4.78, 5) is 24.0. The van der Waals surface area contributed by atoms with Gasteiger partial charge in [0.25, 0.3) is 0 Å². The molecule has 2 N–H and O–H groups in total. The predicted molar refractivity (Wildman–Crippen MR) is 71.0 cm³/mol. The highest BCUT2D eigenvalue weighted by atomic mass is 16.5. The number of amides is 2. The van der Waals surface area contributed by atoms with Crippen molar-refractivity contribution in [1.29, 1.82) is 0 Å². The van der Waals surface area contributed by atoms with Crippen LogP contribution in [0.3, 0.4) is 0 Å². The monoisotopic (exact) mass is 272 g/mol. The molecule has 2 unspecified atom stereocenters. The Morgan fingerprint density at radius 1 is 1.42 bits per heavy atom. The zero-order valence-corrected chi connectivity index (χ0v) is 11.7. The van der Waals surface area contributed by atoms with Crippen molar-refractivity contribution in [2.45, 2.75) is 39.2 Å². The number of aliphatic carboxylic acids is 1. The maximum Gasteiger partial charge on any atom is 0.317 e. The van der Waals surface area contributed by atoms with Crippen LogP contribution in [0.5, 0.6) is 0 Å². The summed E-state index contributed by atoms with van der Waals surface area (Å²) in [5, 5.41) is 11.5. The normalized spacial score (nSPS) is 22.2. The molecule has 0 aromatic heterocycles. The van der Waals surface area contributed by atoms with Gasteiger partial charge in [-0.25, -0.2) is 4.79 Å². The minimum atomic E-state index is -0.888. The molecule has 6 heteroatoms. The van der Waals surface area contributed by atoms with Crippen molar-refractivity contribution >= 4 is 12.0 Å². The van der Waals surface area contributed by atoms with Crippen molar-refractivity contribution < 1.29 is 19.4 Å². The van der Waals surface area contributed by atoms with Crippen LogP contribution in [0.25, 0.3) is 0 Å². The molecule has 0 saturated carbocycles. The van der Waals surface area contributed by atoms with Crippen LogP contribution >= 0.6 is 0 Å². The Morgan fingerprint density at radius 2 is 2.16 bits per heavy atom. The second kappa shape index (κ2) is 7.99. The molecule has 2 atom stereocenters. The number of carboxylic acid groups (broad SMARTS) is 1. The first-order chi connectivity index (χ1) is 9.08. The molecule has 19 heavy (non-hydrogen) atoms. The van der Waals surface area contributed by atoms with Gasteiger partial charge in [-0.3, -0.25) is 4.79 Å². The lowest BCUT2D eigenvalue weighted by Gasteiger charge is -2.23. The zero-order chi connectivity index (χ0) is 14.3. The van der Waals surface area contributed by atoms with Gasteiger partial charge in [0.2, 0.25) is 0 Å². The number of rotatable bonds is 7. The first-order valence-corrected chi connectivity index (χ1v) is 6.94. The maximum absolute atomic E-state index is 11.9. The summed E-state index contributed by atoms with van der Waals surface area (Å²) in [6.45, 7) is 6.04. The van der Waals surface area contributed by atoms with Crippen LogP contribution < -0.4 is 5.32 Å². The van der Waals surface area contributed by atoms with Crippen molar-refractivity contribution in [1.82, 2.24) is 10.2 Å². The molecule has 1 saturated heterocycles. The topological polar surface area (TPSA) is 78.9 Å². The number of carbonyl (C=O) groups is 2. The molecule has 0 aromatic carbocycles. The van der Waals surface area contributed by atoms with Crippen LogP contribution in [0.4, 0.5) is 4.79 Å². The van der Waals surface area contributed by atoms with Crippen LogP contribution in [-0.2, 0) is 9.53 Å². The quantitative estimate of drug-likeness (QED) is 0.732. The standard InChI is InChI=1S/C13H24N2O4/c1-3-11-10(6-8-19-11)9-14-13(18)15(4-2)7-5-12(16)17/h10-11H,3-9H2,1-2H3,(H,14,18)(H,16,17). The largest absolute Gasteiger partial charge is 0.481 e. The first kappa shape index (κ1) is 15.8. The van der Waals surface area contributed by atoms with Gasteiger partial charge in [0.15, 0.2) is 0 Å². The van der Waals surface area contributed by atoms with Crippen LogP contribution in [0, 0.1) is 5.92 Å². The molecule has 0 bridgehead atoms. The Balaban J connectivity index is 2.33. The van der Waals surface area contributed by atoms with Crippen molar-refractivity contribution in [2.24, 2.45) is 5.92 Å². The third kappa shape index (κ3) is 5.06. The number of carboxylic acids is 1. The summed E-state index contributed by atoms with van der Waals surface area (Å²) in [7, 11) is 0. The van der Waals surface area contributed by atoms with Gasteiger partial charge in [-0.2, -0.15) is 0 Å². The average Bonchev–Trinajstić information content (AvgIpc) is 2.84. The molecule has 1 aliphatic heterocycles. The molecule has 1 heterocycles. The minimum Gasteiger partial charge on any atom is -0.481 e. The van der Waals surface area contributed by atoms with Crippen molar-refractivity contribution in [3.05, 3.63) is 0 Å². The molecule has 2 amide bonds. The molecular weight excluding hydrogens is 248 g/mol. The Hall–Kier alpha value is -1.30. The van der Waals surface area contributed by atoms with Gasteiger partial charge in [0, 0.05) is 32.2 Å². The number of carbonyl (C=O) groups excluding carboxylic acids is 1. The van der Waals surface area contributed by atoms with E-state index in [-0.39, 0.29) is 25.1 Å². The van der Waals surface area contributed by atoms with E-state index >= 15 is 0 Å². The third-order valence-electron chi connectivity index (χ3n) is 3.53. The van der Waals surface area contributed by atoms with Gasteiger partial charge in [-0.05, 0) is 19.8 Å². The van der Waals surface area contributed by atoms with Gasteiger partial charge in [0.05, 0.1) is 12.5 Å². The van der Waals surface area contributed by atoms with E-state index in [0.29, 0.717) is 19.0 Å². The van der Waals surface area contributed by atoms with Crippen LogP contribution in [-0.4, -0.2) is 54.4 Å². The number of nitrogens with one attached hydrogen (secondary N) is 1. The van der Waals surface area contributed by atoms with E-state index < -0.39 is 5.97 Å². The van der Waals surface area contributed by atoms with E-state index in [2.05, 4.69) is 12.2 Å². The molecule has 0 aliphatic carbocycles. The Kier molecular flexibility index (Phi) is 6.62. The molecule has 110 valence electrons. The second-order valence-electron chi connectivity index (χ2n) is 4.78. The molecule has 6 nitrogen and oxygen atoms in total. The molecule has 1 aliphatic rings. The number of urea groups is 1. The van der Waals surface area contributed by atoms with Gasteiger partial charge in [0.1, 0.15) is 0 Å². The highest BCUT2D eigenvalue weighted by molar-refractivity contribution is 5.75. The smallest absolute Gasteiger partial charge is 0.317 e. The predicted octanol–water partition coefficient (Wildman–Crippen LogP) is 1.31. The lowest BCUT2D eigenvalue weighted by Crippen LogP contribution is -2.43. The summed E-state index contributed by atoms with van der Waals surface area (Å²) in [6.07, 6.45) is 2.14. The van der Waals surface area contributed by atoms with E-state index in [1.165, 1.54) is 4.90 Å². The molecule has 1 rings (SSSR count). The van der Waals surface area contributed by atoms with Crippen LogP contribution in [0.1, 0.15) is 33.1 Å². The molecule has 0 spiro atoms. The fourth-order valence-corrected chi connectivity index (χ4v) is 2.34. The summed E-state index contributed by atoms with van der Waals surface area (Å²) in [6, 6.07) is -0.189. The number of ether oxygens (including phenoxy) is 1. The fraction of sp³-hybridized carbons (Fsp3) is 0.846. The summed E-state index contributed by atoms with van der Waals surface area (Å²) >= 11 is 0. The summed E-state index contributed by atoms with van der Waals surface area (Å²) < 4.78 is 5.57. The Morgan fingerprint density at radius 3 is 2.74 bits per heavy atom. The SMILES string of the molecule is CCC1OCCC1CNC(=O)N(CC)CCC(=O)O. The van der Waals surface area contributed by atoms with Crippen LogP contribution in [0.2, 0.25) is 0 Å². The minimum absolute atomic E-state index is 0.0224. The van der Waals surface area contributed by atoms with Crippen molar-refractivity contribution in [2.75, 3.05) is 26.2 Å². The van der Waals surface area contributed by atoms with Gasteiger partial charge in [-0.15, -0.1) is 0 Å². The van der Waals surface area contributed by atoms with E-state index in [1.807, 2.05) is 6.92 Å². The third-order valence-corrected chi connectivity index (χ3v) is 3.53. The molecule has 1 fully saturated rings. The summed E-state index contributed by atoms with van der Waals surface area (Å²) in [5.74, 6) is -0.520. The van der Waals surface area contributed by atoms with Gasteiger partial charge in [-0.1, -0.05) is 6.92 Å². The number of hydrogen-bond acceptors (Lipinski definition) is 3. The van der Waals surface area contributed by atoms with Gasteiger partial charge >= 0.3 is 12.0 Å². The van der Waals surface area contributed by atoms with E-state index in [0.717, 1.165) is 19.4 Å². The second-order valence-corrected chi connectivity index (χ2v) is 4.78. The summed E-state index contributed by atoms with van der Waals surface area (Å²) in [5.41, 5.74) is 0. The lowest BCUT2D eigenvalue weighted by atomic mass is 10.00. The Labute approximate surface area is 114 Å². The number of hydrogen-bond donors (Lipinski definition) is 2. The van der Waals surface area contributed by atoms with Crippen LogP contribution in [0.15, 0.2) is 0 Å². The van der Waals surface area contributed by atoms with Crippen molar-refractivity contribution in [3.63, 3.8) is 0 Å². The molecule has 0 radical (unpaired) electrons. The molecular formula is C13H24N2O4. The highest BCUT2D eigenvalue weighted by Crippen LogP contribution is 2.22. The van der Waals surface area contributed by atoms with E-state index in [9.17, 15) is 9.59 Å². The van der Waals surface area contributed by atoms with E-state index in [4.69, 9.17) is 9.84 Å². The average molecular weight is 272 g/mol. The zero-order valence-electron chi connectivity index (χ0n) is 11.7. The maximum atomic E-state index is 11.9. The first-order valence-electron chi connectivity index (χ1n) is 6.94. The van der Waals surface area contributed by atoms with E-state index in [1.54, 1.807) is 0 Å². The fourth-order valence-electron chi connectivity index (χ4n) is 2.34.